The number of nitrogens with zero attached hydrogens (tertiary/aromatic N) is 1. The topological polar surface area (TPSA) is 116 Å². The Labute approximate surface area is 157 Å². The minimum atomic E-state index is -0.549. The van der Waals surface area contributed by atoms with Gasteiger partial charge in [-0.3, -0.25) is 15.2 Å². The van der Waals surface area contributed by atoms with Crippen LogP contribution < -0.4 is 0 Å². The van der Waals surface area contributed by atoms with Crippen molar-refractivity contribution in [3.8, 4) is 0 Å². The van der Waals surface area contributed by atoms with E-state index in [0.29, 0.717) is 19.8 Å². The summed E-state index contributed by atoms with van der Waals surface area (Å²) in [6, 6.07) is 0. The standard InChI is InChI=1S/C14H21NO9S2/c1-6(16)23-7-2-19-13-9(4-21-11(7)13)25-26-10-5-22-12-8(24-15(17)18)3-20-14(10)12/h7-14,17-18H,2-5H2,1H3/t7-,8-,9?,10+,11-,12-,13-,14-/m1/s1. The summed E-state index contributed by atoms with van der Waals surface area (Å²) in [5.41, 5.74) is 0. The number of hydrogen-bond donors (Lipinski definition) is 2. The Hall–Kier alpha value is -0.150. The van der Waals surface area contributed by atoms with E-state index in [-0.39, 0.29) is 59.0 Å². The van der Waals surface area contributed by atoms with E-state index in [1.807, 2.05) is 0 Å². The van der Waals surface area contributed by atoms with E-state index in [1.54, 1.807) is 21.6 Å². The lowest BCUT2D eigenvalue weighted by molar-refractivity contribution is -0.507. The van der Waals surface area contributed by atoms with Gasteiger partial charge in [0.05, 0.1) is 42.3 Å². The molecule has 0 saturated carbocycles. The maximum atomic E-state index is 11.2. The summed E-state index contributed by atoms with van der Waals surface area (Å²) in [6.45, 7) is 2.99. The highest BCUT2D eigenvalue weighted by Gasteiger charge is 2.52. The number of hydrogen-bond acceptors (Lipinski definition) is 12. The Morgan fingerprint density at radius 2 is 1.38 bits per heavy atom. The highest BCUT2D eigenvalue weighted by Crippen LogP contribution is 2.45. The van der Waals surface area contributed by atoms with E-state index in [4.69, 9.17) is 38.9 Å². The molecule has 0 aromatic rings. The fourth-order valence-electron chi connectivity index (χ4n) is 3.69. The van der Waals surface area contributed by atoms with Gasteiger partial charge in [0, 0.05) is 6.92 Å². The molecule has 26 heavy (non-hydrogen) atoms. The molecule has 0 amide bonds. The van der Waals surface area contributed by atoms with Crippen molar-refractivity contribution in [2.45, 2.75) is 54.0 Å². The Morgan fingerprint density at radius 1 is 0.885 bits per heavy atom. The second kappa shape index (κ2) is 8.07. The van der Waals surface area contributed by atoms with Crippen LogP contribution in [0.5, 0.6) is 0 Å². The molecule has 0 spiro atoms. The van der Waals surface area contributed by atoms with Gasteiger partial charge in [0.15, 0.2) is 6.10 Å². The predicted molar refractivity (Wildman–Crippen MR) is 87.6 cm³/mol. The number of carbonyl (C=O) groups excluding carboxylic acids is 1. The largest absolute Gasteiger partial charge is 0.457 e. The van der Waals surface area contributed by atoms with Crippen LogP contribution in [0.25, 0.3) is 0 Å². The molecule has 1 unspecified atom stereocenters. The first-order valence-corrected chi connectivity index (χ1v) is 10.6. The molecule has 0 radical (unpaired) electrons. The molecule has 4 rings (SSSR count). The molecule has 2 N–H and O–H groups in total. The molecule has 0 aliphatic carbocycles. The predicted octanol–water partition coefficient (Wildman–Crippen LogP) is 0.0125. The number of fused-ring (bicyclic) bond motifs is 2. The number of ether oxygens (including phenoxy) is 5. The van der Waals surface area contributed by atoms with Crippen molar-refractivity contribution in [2.75, 3.05) is 26.4 Å². The second-order valence-electron chi connectivity index (χ2n) is 6.51. The molecule has 4 fully saturated rings. The van der Waals surface area contributed by atoms with Gasteiger partial charge < -0.3 is 23.7 Å². The van der Waals surface area contributed by atoms with Crippen molar-refractivity contribution in [1.29, 1.82) is 0 Å². The number of rotatable bonds is 6. The highest BCUT2D eigenvalue weighted by atomic mass is 33.1. The lowest BCUT2D eigenvalue weighted by atomic mass is 10.1. The van der Waals surface area contributed by atoms with Crippen LogP contribution in [0.1, 0.15) is 6.92 Å². The van der Waals surface area contributed by atoms with Crippen LogP contribution in [0.4, 0.5) is 0 Å². The van der Waals surface area contributed by atoms with E-state index in [0.717, 1.165) is 0 Å². The SMILES string of the molecule is CC(=O)O[C@@H]1CO[C@@H]2C(SS[C@H]3CO[C@H]4[C@@H]3OC[C@H]4ON(O)O)CO[C@@H]21. The van der Waals surface area contributed by atoms with Gasteiger partial charge >= 0.3 is 5.97 Å². The van der Waals surface area contributed by atoms with E-state index < -0.39 is 6.10 Å². The third-order valence-corrected chi connectivity index (χ3v) is 8.01. The molecule has 8 atom stereocenters. The van der Waals surface area contributed by atoms with Crippen LogP contribution in [-0.4, -0.2) is 95.3 Å². The van der Waals surface area contributed by atoms with Gasteiger partial charge in [-0.2, -0.15) is 0 Å². The number of carbonyl (C=O) groups is 1. The summed E-state index contributed by atoms with van der Waals surface area (Å²) in [4.78, 5) is 16.0. The zero-order valence-electron chi connectivity index (χ0n) is 14.0. The zero-order valence-corrected chi connectivity index (χ0v) is 15.6. The molecule has 12 heteroatoms. The Bertz CT molecular complexity index is 527. The fraction of sp³-hybridized carbons (Fsp3) is 0.929. The molecule has 0 bridgehead atoms. The smallest absolute Gasteiger partial charge is 0.303 e. The van der Waals surface area contributed by atoms with E-state index in [2.05, 4.69) is 0 Å². The molecule has 4 aliphatic rings. The summed E-state index contributed by atoms with van der Waals surface area (Å²) in [5.74, 6) is -0.332. The summed E-state index contributed by atoms with van der Waals surface area (Å²) in [5, 5.41) is 17.5. The minimum Gasteiger partial charge on any atom is -0.457 e. The Kier molecular flexibility index (Phi) is 5.95. The monoisotopic (exact) mass is 411 g/mol. The molecule has 0 aromatic carbocycles. The first kappa shape index (κ1) is 19.2. The van der Waals surface area contributed by atoms with Crippen molar-refractivity contribution in [3.05, 3.63) is 0 Å². The second-order valence-corrected chi connectivity index (χ2v) is 9.26. The molecule has 0 aromatic heterocycles. The summed E-state index contributed by atoms with van der Waals surface area (Å²) in [7, 11) is 3.31. The third kappa shape index (κ3) is 3.85. The van der Waals surface area contributed by atoms with Crippen molar-refractivity contribution in [3.63, 3.8) is 0 Å². The Morgan fingerprint density at radius 3 is 1.92 bits per heavy atom. The van der Waals surface area contributed by atoms with Gasteiger partial charge in [-0.25, -0.2) is 4.84 Å². The first-order chi connectivity index (χ1) is 12.5. The van der Waals surface area contributed by atoms with Gasteiger partial charge in [0.2, 0.25) is 0 Å². The molecule has 4 saturated heterocycles. The van der Waals surface area contributed by atoms with Crippen molar-refractivity contribution < 1.29 is 43.7 Å². The number of esters is 1. The average Bonchev–Trinajstić information content (AvgIpc) is 3.30. The van der Waals surface area contributed by atoms with Crippen LogP contribution in [-0.2, 0) is 33.3 Å². The van der Waals surface area contributed by atoms with Crippen LogP contribution in [0, 0.1) is 0 Å². The minimum absolute atomic E-state index is 0.0918. The van der Waals surface area contributed by atoms with E-state index >= 15 is 0 Å². The van der Waals surface area contributed by atoms with Gasteiger partial charge in [-0.15, -0.1) is 0 Å². The lowest BCUT2D eigenvalue weighted by Gasteiger charge is -2.19. The first-order valence-electron chi connectivity index (χ1n) is 8.33. The van der Waals surface area contributed by atoms with Gasteiger partial charge in [0.25, 0.3) is 0 Å². The molecule has 148 valence electrons. The summed E-state index contributed by atoms with van der Waals surface area (Å²) in [6.07, 6.45) is -1.72. The summed E-state index contributed by atoms with van der Waals surface area (Å²) >= 11 is 0. The third-order valence-electron chi connectivity index (χ3n) is 4.77. The molecule has 4 heterocycles. The van der Waals surface area contributed by atoms with E-state index in [1.165, 1.54) is 6.92 Å². The van der Waals surface area contributed by atoms with Gasteiger partial charge in [0.1, 0.15) is 30.5 Å². The normalized spacial score (nSPS) is 44.5. The van der Waals surface area contributed by atoms with Gasteiger partial charge in [-0.1, -0.05) is 21.6 Å². The van der Waals surface area contributed by atoms with Crippen molar-refractivity contribution in [2.24, 2.45) is 0 Å². The lowest BCUT2D eigenvalue weighted by Crippen LogP contribution is -2.36. The zero-order chi connectivity index (χ0) is 18.3. The quantitative estimate of drug-likeness (QED) is 0.348. The van der Waals surface area contributed by atoms with Crippen LogP contribution in [0.2, 0.25) is 0 Å². The van der Waals surface area contributed by atoms with Gasteiger partial charge in [-0.05, 0) is 0 Å². The van der Waals surface area contributed by atoms with Crippen LogP contribution >= 0.6 is 21.6 Å². The fourth-order valence-corrected chi connectivity index (χ4v) is 6.78. The Balaban J connectivity index is 1.26. The van der Waals surface area contributed by atoms with E-state index in [9.17, 15) is 4.79 Å². The summed E-state index contributed by atoms with van der Waals surface area (Å²) < 4.78 is 28.2. The van der Waals surface area contributed by atoms with Crippen LogP contribution in [0.3, 0.4) is 0 Å². The maximum absolute atomic E-state index is 11.2. The molecule has 4 aliphatic heterocycles. The molecular weight excluding hydrogens is 390 g/mol. The molecular formula is C14H21NO9S2. The van der Waals surface area contributed by atoms with Crippen molar-refractivity contribution in [1.82, 2.24) is 5.39 Å². The highest BCUT2D eigenvalue weighted by molar-refractivity contribution is 8.77. The van der Waals surface area contributed by atoms with Crippen LogP contribution in [0.15, 0.2) is 0 Å². The molecule has 10 nitrogen and oxygen atoms in total. The van der Waals surface area contributed by atoms with Crippen molar-refractivity contribution >= 4 is 27.6 Å². The average molecular weight is 411 g/mol. The maximum Gasteiger partial charge on any atom is 0.303 e.